The van der Waals surface area contributed by atoms with Gasteiger partial charge < -0.3 is 0 Å². The first kappa shape index (κ1) is 12.2. The summed E-state index contributed by atoms with van der Waals surface area (Å²) < 4.78 is 2.33. The number of aryl methyl sites for hydroxylation is 3. The van der Waals surface area contributed by atoms with Gasteiger partial charge in [-0.3, -0.25) is 14.3 Å². The van der Waals surface area contributed by atoms with E-state index in [-0.39, 0.29) is 5.56 Å². The minimum Gasteiger partial charge on any atom is -0.298 e. The molecule has 0 aliphatic rings. The highest BCUT2D eigenvalue weighted by Gasteiger charge is 2.05. The zero-order valence-corrected chi connectivity index (χ0v) is 11.6. The van der Waals surface area contributed by atoms with E-state index in [0.29, 0.717) is 10.1 Å². The Morgan fingerprint density at radius 2 is 2.29 bits per heavy atom. The minimum atomic E-state index is 0.0296. The number of halogens is 1. The van der Waals surface area contributed by atoms with Crippen molar-refractivity contribution >= 4 is 22.6 Å². The van der Waals surface area contributed by atoms with Crippen LogP contribution in [0.15, 0.2) is 35.6 Å². The topological polar surface area (TPSA) is 47.8 Å². The molecule has 0 aromatic carbocycles. The van der Waals surface area contributed by atoms with Gasteiger partial charge in [-0.2, -0.15) is 0 Å². The Labute approximate surface area is 113 Å². The fourth-order valence-corrected chi connectivity index (χ4v) is 1.95. The largest absolute Gasteiger partial charge is 0.298 e. The van der Waals surface area contributed by atoms with E-state index in [4.69, 9.17) is 0 Å². The molecule has 0 unspecified atom stereocenters. The van der Waals surface area contributed by atoms with E-state index in [9.17, 15) is 4.79 Å². The molecule has 0 fully saturated rings. The standard InChI is InChI=1S/C12H12IN3O/c1-9-11(13)12(17)16(8-15-9)6-4-10-3-2-5-14-7-10/h2-3,5,7-8H,4,6H2,1H3. The van der Waals surface area contributed by atoms with Gasteiger partial charge in [0.1, 0.15) is 0 Å². The number of hydrogen-bond donors (Lipinski definition) is 0. The molecule has 0 atom stereocenters. The Morgan fingerprint density at radius 1 is 1.47 bits per heavy atom. The van der Waals surface area contributed by atoms with E-state index in [0.717, 1.165) is 17.7 Å². The summed E-state index contributed by atoms with van der Waals surface area (Å²) in [6, 6.07) is 3.90. The average molecular weight is 341 g/mol. The van der Waals surface area contributed by atoms with Gasteiger partial charge in [0.25, 0.3) is 5.56 Å². The summed E-state index contributed by atoms with van der Waals surface area (Å²) in [6.07, 6.45) is 5.95. The molecule has 0 radical (unpaired) electrons. The third-order valence-corrected chi connectivity index (χ3v) is 3.76. The van der Waals surface area contributed by atoms with Crippen molar-refractivity contribution in [1.82, 2.24) is 14.5 Å². The van der Waals surface area contributed by atoms with Crippen molar-refractivity contribution in [2.45, 2.75) is 19.9 Å². The molecule has 5 heteroatoms. The summed E-state index contributed by atoms with van der Waals surface area (Å²) in [5.41, 5.74) is 1.94. The van der Waals surface area contributed by atoms with E-state index >= 15 is 0 Å². The molecule has 2 heterocycles. The monoisotopic (exact) mass is 341 g/mol. The highest BCUT2D eigenvalue weighted by Crippen LogP contribution is 2.03. The third-order valence-electron chi connectivity index (χ3n) is 2.52. The quantitative estimate of drug-likeness (QED) is 0.800. The van der Waals surface area contributed by atoms with Gasteiger partial charge in [0.2, 0.25) is 0 Å². The van der Waals surface area contributed by atoms with Crippen molar-refractivity contribution in [3.63, 3.8) is 0 Å². The molecular weight excluding hydrogens is 329 g/mol. The molecule has 2 rings (SSSR count). The van der Waals surface area contributed by atoms with E-state index in [1.165, 1.54) is 0 Å². The summed E-state index contributed by atoms with van der Waals surface area (Å²) in [6.45, 7) is 2.47. The van der Waals surface area contributed by atoms with Crippen LogP contribution in [-0.4, -0.2) is 14.5 Å². The van der Waals surface area contributed by atoms with Crippen LogP contribution in [-0.2, 0) is 13.0 Å². The molecule has 0 saturated heterocycles. The van der Waals surface area contributed by atoms with E-state index in [1.807, 2.05) is 47.8 Å². The smallest absolute Gasteiger partial charge is 0.267 e. The Bertz CT molecular complexity index is 566. The average Bonchev–Trinajstić information content (AvgIpc) is 2.36. The fraction of sp³-hybridized carbons (Fsp3) is 0.250. The summed E-state index contributed by atoms with van der Waals surface area (Å²) in [7, 11) is 0. The van der Waals surface area contributed by atoms with Crippen LogP contribution in [0.25, 0.3) is 0 Å². The van der Waals surface area contributed by atoms with Gasteiger partial charge in [0.05, 0.1) is 15.6 Å². The van der Waals surface area contributed by atoms with Crippen LogP contribution >= 0.6 is 22.6 Å². The predicted octanol–water partition coefficient (Wildman–Crippen LogP) is 1.79. The summed E-state index contributed by atoms with van der Waals surface area (Å²) in [5.74, 6) is 0. The van der Waals surface area contributed by atoms with Crippen LogP contribution in [0.5, 0.6) is 0 Å². The first-order valence-corrected chi connectivity index (χ1v) is 6.37. The normalized spacial score (nSPS) is 10.5. The Morgan fingerprint density at radius 3 is 3.00 bits per heavy atom. The molecule has 0 saturated carbocycles. The van der Waals surface area contributed by atoms with Crippen molar-refractivity contribution in [2.24, 2.45) is 0 Å². The molecule has 0 aliphatic carbocycles. The lowest BCUT2D eigenvalue weighted by Crippen LogP contribution is -2.24. The van der Waals surface area contributed by atoms with E-state index in [1.54, 1.807) is 17.1 Å². The highest BCUT2D eigenvalue weighted by atomic mass is 127. The molecule has 0 bridgehead atoms. The van der Waals surface area contributed by atoms with Crippen molar-refractivity contribution < 1.29 is 0 Å². The van der Waals surface area contributed by atoms with Crippen molar-refractivity contribution in [3.8, 4) is 0 Å². The lowest BCUT2D eigenvalue weighted by atomic mass is 10.2. The van der Waals surface area contributed by atoms with Gasteiger partial charge in [-0.1, -0.05) is 6.07 Å². The number of aromatic nitrogens is 3. The Hall–Kier alpha value is -1.24. The van der Waals surface area contributed by atoms with Crippen LogP contribution < -0.4 is 5.56 Å². The molecule has 17 heavy (non-hydrogen) atoms. The SMILES string of the molecule is Cc1ncn(CCc2cccnc2)c(=O)c1I. The zero-order valence-electron chi connectivity index (χ0n) is 9.43. The second-order valence-corrected chi connectivity index (χ2v) is 4.83. The van der Waals surface area contributed by atoms with Crippen LogP contribution in [0.3, 0.4) is 0 Å². The third kappa shape index (κ3) is 2.91. The lowest BCUT2D eigenvalue weighted by Gasteiger charge is -2.06. The van der Waals surface area contributed by atoms with Crippen LogP contribution in [0.2, 0.25) is 0 Å². The van der Waals surface area contributed by atoms with Crippen LogP contribution in [0, 0.1) is 10.5 Å². The van der Waals surface area contributed by atoms with Crippen molar-refractivity contribution in [1.29, 1.82) is 0 Å². The first-order valence-electron chi connectivity index (χ1n) is 5.29. The fourth-order valence-electron chi connectivity index (χ4n) is 1.50. The number of nitrogens with zero attached hydrogens (tertiary/aromatic N) is 3. The summed E-state index contributed by atoms with van der Waals surface area (Å²) in [5, 5.41) is 0. The highest BCUT2D eigenvalue weighted by molar-refractivity contribution is 14.1. The molecule has 88 valence electrons. The second-order valence-electron chi connectivity index (χ2n) is 3.75. The first-order chi connectivity index (χ1) is 8.18. The van der Waals surface area contributed by atoms with Gasteiger partial charge in [-0.05, 0) is 47.6 Å². The maximum Gasteiger partial charge on any atom is 0.267 e. The van der Waals surface area contributed by atoms with Gasteiger partial charge >= 0.3 is 0 Å². The zero-order chi connectivity index (χ0) is 12.3. The van der Waals surface area contributed by atoms with Gasteiger partial charge in [0, 0.05) is 18.9 Å². The Balaban J connectivity index is 2.16. The maximum absolute atomic E-state index is 11.9. The lowest BCUT2D eigenvalue weighted by molar-refractivity contribution is 0.646. The molecular formula is C12H12IN3O. The number of rotatable bonds is 3. The molecule has 2 aromatic rings. The van der Waals surface area contributed by atoms with Gasteiger partial charge in [-0.25, -0.2) is 4.98 Å². The Kier molecular flexibility index (Phi) is 3.88. The molecule has 2 aromatic heterocycles. The second kappa shape index (κ2) is 5.39. The molecule has 0 spiro atoms. The van der Waals surface area contributed by atoms with Crippen molar-refractivity contribution in [3.05, 3.63) is 56.0 Å². The minimum absolute atomic E-state index is 0.0296. The van der Waals surface area contributed by atoms with Gasteiger partial charge in [-0.15, -0.1) is 0 Å². The molecule has 0 N–H and O–H groups in total. The summed E-state index contributed by atoms with van der Waals surface area (Å²) >= 11 is 2.04. The van der Waals surface area contributed by atoms with Crippen LogP contribution in [0.4, 0.5) is 0 Å². The van der Waals surface area contributed by atoms with Gasteiger partial charge in [0.15, 0.2) is 0 Å². The number of pyridine rings is 1. The predicted molar refractivity (Wildman–Crippen MR) is 73.9 cm³/mol. The van der Waals surface area contributed by atoms with Crippen LogP contribution in [0.1, 0.15) is 11.3 Å². The van der Waals surface area contributed by atoms with E-state index in [2.05, 4.69) is 9.97 Å². The van der Waals surface area contributed by atoms with Crippen molar-refractivity contribution in [2.75, 3.05) is 0 Å². The summed E-state index contributed by atoms with van der Waals surface area (Å²) in [4.78, 5) is 20.1. The molecule has 0 amide bonds. The number of hydrogen-bond acceptors (Lipinski definition) is 3. The maximum atomic E-state index is 11.9. The van der Waals surface area contributed by atoms with E-state index < -0.39 is 0 Å². The molecule has 0 aliphatic heterocycles. The molecule has 4 nitrogen and oxygen atoms in total.